The van der Waals surface area contributed by atoms with E-state index in [0.717, 1.165) is 12.0 Å². The second-order valence-corrected chi connectivity index (χ2v) is 7.81. The Morgan fingerprint density at radius 3 is 2.40 bits per heavy atom. The zero-order chi connectivity index (χ0) is 15.6. The van der Waals surface area contributed by atoms with Crippen LogP contribution in [0.1, 0.15) is 39.7 Å². The average Bonchev–Trinajstić information content (AvgIpc) is 2.26. The zero-order valence-electron chi connectivity index (χ0n) is 12.6. The first-order chi connectivity index (χ1) is 9.07. The molecule has 0 aliphatic carbocycles. The minimum Gasteiger partial charge on any atom is -0.492 e. The molecule has 0 aliphatic heterocycles. The van der Waals surface area contributed by atoms with Gasteiger partial charge < -0.3 is 4.74 Å². The van der Waals surface area contributed by atoms with Crippen molar-refractivity contribution in [1.29, 1.82) is 0 Å². The van der Waals surface area contributed by atoms with Crippen molar-refractivity contribution in [1.82, 2.24) is 4.72 Å². The SMILES string of the molecule is CCCOc1cc(C)c(Cl)cc1S(=O)(=O)NC(C)(C)C. The quantitative estimate of drug-likeness (QED) is 0.903. The van der Waals surface area contributed by atoms with Gasteiger partial charge in [0.05, 0.1) is 6.61 Å². The van der Waals surface area contributed by atoms with Gasteiger partial charge in [0.25, 0.3) is 0 Å². The number of sulfonamides is 1. The molecule has 0 atom stereocenters. The van der Waals surface area contributed by atoms with Crippen LogP contribution in [0.3, 0.4) is 0 Å². The maximum Gasteiger partial charge on any atom is 0.244 e. The van der Waals surface area contributed by atoms with Crippen LogP contribution in [0.15, 0.2) is 17.0 Å². The highest BCUT2D eigenvalue weighted by Gasteiger charge is 2.26. The number of halogens is 1. The highest BCUT2D eigenvalue weighted by atomic mass is 35.5. The van der Waals surface area contributed by atoms with Gasteiger partial charge in [-0.25, -0.2) is 13.1 Å². The van der Waals surface area contributed by atoms with Gasteiger partial charge in [-0.15, -0.1) is 0 Å². The first-order valence-corrected chi connectivity index (χ1v) is 8.40. The molecule has 1 N–H and O–H groups in total. The van der Waals surface area contributed by atoms with Gasteiger partial charge in [0.2, 0.25) is 10.0 Å². The number of benzene rings is 1. The highest BCUT2D eigenvalue weighted by Crippen LogP contribution is 2.31. The third-order valence-corrected chi connectivity index (χ3v) is 4.60. The van der Waals surface area contributed by atoms with Crippen LogP contribution in [-0.2, 0) is 10.0 Å². The van der Waals surface area contributed by atoms with E-state index in [1.165, 1.54) is 6.07 Å². The third-order valence-electron chi connectivity index (χ3n) is 2.42. The molecule has 0 spiro atoms. The van der Waals surface area contributed by atoms with Crippen LogP contribution in [0.2, 0.25) is 5.02 Å². The fraction of sp³-hybridized carbons (Fsp3) is 0.571. The average molecular weight is 320 g/mol. The van der Waals surface area contributed by atoms with Crippen molar-refractivity contribution in [2.45, 2.75) is 51.5 Å². The summed E-state index contributed by atoms with van der Waals surface area (Å²) >= 11 is 6.05. The number of aryl methyl sites for hydroxylation is 1. The van der Waals surface area contributed by atoms with Crippen molar-refractivity contribution in [2.24, 2.45) is 0 Å². The summed E-state index contributed by atoms with van der Waals surface area (Å²) in [6.07, 6.45) is 0.799. The Balaban J connectivity index is 3.31. The Labute approximate surface area is 126 Å². The zero-order valence-corrected chi connectivity index (χ0v) is 14.2. The molecule has 6 heteroatoms. The Bertz CT molecular complexity index is 577. The third kappa shape index (κ3) is 4.65. The van der Waals surface area contributed by atoms with Crippen molar-refractivity contribution in [3.8, 4) is 5.75 Å². The minimum atomic E-state index is -3.68. The molecule has 0 unspecified atom stereocenters. The van der Waals surface area contributed by atoms with Crippen molar-refractivity contribution >= 4 is 21.6 Å². The normalized spacial score (nSPS) is 12.5. The standard InChI is InChI=1S/C14H22ClNO3S/c1-6-7-19-12-8-10(2)11(15)9-13(12)20(17,18)16-14(3,4)5/h8-9,16H,6-7H2,1-5H3. The lowest BCUT2D eigenvalue weighted by Crippen LogP contribution is -2.40. The summed E-state index contributed by atoms with van der Waals surface area (Å²) in [6, 6.07) is 3.10. The molecule has 0 fully saturated rings. The van der Waals surface area contributed by atoms with E-state index in [-0.39, 0.29) is 4.90 Å². The largest absolute Gasteiger partial charge is 0.492 e. The van der Waals surface area contributed by atoms with E-state index >= 15 is 0 Å². The van der Waals surface area contributed by atoms with Crippen molar-refractivity contribution < 1.29 is 13.2 Å². The molecule has 20 heavy (non-hydrogen) atoms. The molecule has 0 saturated heterocycles. The molecule has 114 valence electrons. The van der Waals surface area contributed by atoms with E-state index in [2.05, 4.69) is 4.72 Å². The van der Waals surface area contributed by atoms with Gasteiger partial charge in [-0.3, -0.25) is 0 Å². The van der Waals surface area contributed by atoms with E-state index in [4.69, 9.17) is 16.3 Å². The van der Waals surface area contributed by atoms with Crippen LogP contribution >= 0.6 is 11.6 Å². The van der Waals surface area contributed by atoms with Gasteiger partial charge in [-0.1, -0.05) is 18.5 Å². The molecular weight excluding hydrogens is 298 g/mol. The molecule has 0 aromatic heterocycles. The number of hydrogen-bond donors (Lipinski definition) is 1. The number of ether oxygens (including phenoxy) is 1. The summed E-state index contributed by atoms with van der Waals surface area (Å²) in [7, 11) is -3.68. The summed E-state index contributed by atoms with van der Waals surface area (Å²) in [4.78, 5) is 0.0801. The van der Waals surface area contributed by atoms with Crippen LogP contribution < -0.4 is 9.46 Å². The van der Waals surface area contributed by atoms with E-state index in [9.17, 15) is 8.42 Å². The molecule has 4 nitrogen and oxygen atoms in total. The molecule has 0 radical (unpaired) electrons. The lowest BCUT2D eigenvalue weighted by atomic mass is 10.1. The van der Waals surface area contributed by atoms with Gasteiger partial charge in [-0.05, 0) is 51.8 Å². The highest BCUT2D eigenvalue weighted by molar-refractivity contribution is 7.89. The fourth-order valence-electron chi connectivity index (χ4n) is 1.63. The lowest BCUT2D eigenvalue weighted by molar-refractivity contribution is 0.308. The van der Waals surface area contributed by atoms with Crippen LogP contribution in [-0.4, -0.2) is 20.6 Å². The predicted octanol–water partition coefficient (Wildman–Crippen LogP) is 3.51. The minimum absolute atomic E-state index is 0.0801. The van der Waals surface area contributed by atoms with Gasteiger partial charge in [0.15, 0.2) is 0 Å². The molecule has 0 saturated carbocycles. The van der Waals surface area contributed by atoms with Gasteiger partial charge in [-0.2, -0.15) is 0 Å². The van der Waals surface area contributed by atoms with Gasteiger partial charge >= 0.3 is 0 Å². The summed E-state index contributed by atoms with van der Waals surface area (Å²) in [5, 5.41) is 0.406. The van der Waals surface area contributed by atoms with Crippen LogP contribution in [0, 0.1) is 6.92 Å². The van der Waals surface area contributed by atoms with Crippen molar-refractivity contribution in [2.75, 3.05) is 6.61 Å². The van der Waals surface area contributed by atoms with Crippen LogP contribution in [0.4, 0.5) is 0 Å². The Morgan fingerprint density at radius 1 is 1.30 bits per heavy atom. The Morgan fingerprint density at radius 2 is 1.90 bits per heavy atom. The summed E-state index contributed by atoms with van der Waals surface area (Å²) in [5.74, 6) is 0.338. The molecule has 0 bridgehead atoms. The van der Waals surface area contributed by atoms with Gasteiger partial charge in [0.1, 0.15) is 10.6 Å². The number of hydrogen-bond acceptors (Lipinski definition) is 3. The van der Waals surface area contributed by atoms with Crippen molar-refractivity contribution in [3.05, 3.63) is 22.7 Å². The smallest absolute Gasteiger partial charge is 0.244 e. The predicted molar refractivity (Wildman–Crippen MR) is 82.0 cm³/mol. The molecule has 1 aromatic carbocycles. The summed E-state index contributed by atoms with van der Waals surface area (Å²) < 4.78 is 33.0. The van der Waals surface area contributed by atoms with Gasteiger partial charge in [0, 0.05) is 10.6 Å². The maximum atomic E-state index is 12.4. The van der Waals surface area contributed by atoms with E-state index in [1.54, 1.807) is 26.8 Å². The van der Waals surface area contributed by atoms with Crippen molar-refractivity contribution in [3.63, 3.8) is 0 Å². The van der Waals surface area contributed by atoms with Crippen LogP contribution in [0.25, 0.3) is 0 Å². The first-order valence-electron chi connectivity index (χ1n) is 6.54. The summed E-state index contributed by atoms with van der Waals surface area (Å²) in [5.41, 5.74) is 0.213. The molecular formula is C14H22ClNO3S. The first kappa shape index (κ1) is 17.3. The van der Waals surface area contributed by atoms with E-state index in [0.29, 0.717) is 17.4 Å². The summed E-state index contributed by atoms with van der Waals surface area (Å²) in [6.45, 7) is 9.59. The van der Waals surface area contributed by atoms with E-state index < -0.39 is 15.6 Å². The Kier molecular flexibility index (Phi) is 5.46. The second kappa shape index (κ2) is 6.33. The Hall–Kier alpha value is -0.780. The second-order valence-electron chi connectivity index (χ2n) is 5.75. The topological polar surface area (TPSA) is 55.4 Å². The fourth-order valence-corrected chi connectivity index (χ4v) is 3.43. The lowest BCUT2D eigenvalue weighted by Gasteiger charge is -2.22. The van der Waals surface area contributed by atoms with E-state index in [1.807, 2.05) is 13.8 Å². The number of rotatable bonds is 5. The molecule has 1 rings (SSSR count). The molecule has 0 heterocycles. The maximum absolute atomic E-state index is 12.4. The number of nitrogens with one attached hydrogen (secondary N) is 1. The molecule has 0 aliphatic rings. The van der Waals surface area contributed by atoms with Crippen LogP contribution in [0.5, 0.6) is 5.75 Å². The monoisotopic (exact) mass is 319 g/mol. The molecule has 1 aromatic rings. The molecule has 0 amide bonds.